The Bertz CT molecular complexity index is 449. The maximum Gasteiger partial charge on any atom is 0.134 e. The molecule has 16 heavy (non-hydrogen) atoms. The van der Waals surface area contributed by atoms with Crippen LogP contribution in [-0.2, 0) is 0 Å². The summed E-state index contributed by atoms with van der Waals surface area (Å²) >= 11 is 0. The summed E-state index contributed by atoms with van der Waals surface area (Å²) in [6.07, 6.45) is 2.43. The van der Waals surface area contributed by atoms with Crippen LogP contribution in [0, 0.1) is 0 Å². The first-order valence-electron chi connectivity index (χ1n) is 6.08. The van der Waals surface area contributed by atoms with E-state index < -0.39 is 0 Å². The van der Waals surface area contributed by atoms with E-state index >= 15 is 0 Å². The van der Waals surface area contributed by atoms with Crippen molar-refractivity contribution < 1.29 is 4.42 Å². The zero-order valence-electron chi connectivity index (χ0n) is 9.57. The topological polar surface area (TPSA) is 25.2 Å². The average Bonchev–Trinajstić information content (AvgIpc) is 2.65. The number of furan rings is 1. The molecule has 1 aromatic heterocycles. The van der Waals surface area contributed by atoms with Crippen LogP contribution in [0.25, 0.3) is 11.0 Å². The van der Waals surface area contributed by atoms with Gasteiger partial charge in [0, 0.05) is 17.3 Å². The summed E-state index contributed by atoms with van der Waals surface area (Å²) in [6.45, 7) is 3.23. The van der Waals surface area contributed by atoms with Crippen molar-refractivity contribution in [3.05, 3.63) is 36.1 Å². The first-order chi connectivity index (χ1) is 7.86. The van der Waals surface area contributed by atoms with E-state index in [2.05, 4.69) is 30.4 Å². The molecule has 1 saturated carbocycles. The Balaban J connectivity index is 1.76. The zero-order valence-corrected chi connectivity index (χ0v) is 9.57. The normalized spacial score (nSPS) is 24.6. The van der Waals surface area contributed by atoms with Crippen molar-refractivity contribution in [2.75, 3.05) is 6.54 Å². The lowest BCUT2D eigenvalue weighted by molar-refractivity contribution is 0.266. The molecule has 0 amide bonds. The van der Waals surface area contributed by atoms with Gasteiger partial charge >= 0.3 is 0 Å². The van der Waals surface area contributed by atoms with Crippen molar-refractivity contribution in [3.63, 3.8) is 0 Å². The summed E-state index contributed by atoms with van der Waals surface area (Å²) in [4.78, 5) is 0. The van der Waals surface area contributed by atoms with E-state index in [1.165, 1.54) is 18.2 Å². The average molecular weight is 215 g/mol. The lowest BCUT2D eigenvalue weighted by atomic mass is 9.78. The van der Waals surface area contributed by atoms with Gasteiger partial charge in [0.2, 0.25) is 0 Å². The highest BCUT2D eigenvalue weighted by Gasteiger charge is 2.31. The summed E-state index contributed by atoms with van der Waals surface area (Å²) < 4.78 is 5.87. The highest BCUT2D eigenvalue weighted by molar-refractivity contribution is 5.77. The van der Waals surface area contributed by atoms with Crippen LogP contribution in [0.15, 0.2) is 34.7 Å². The summed E-state index contributed by atoms with van der Waals surface area (Å²) in [6, 6.07) is 11.1. The van der Waals surface area contributed by atoms with Crippen molar-refractivity contribution in [1.29, 1.82) is 0 Å². The third kappa shape index (κ3) is 1.63. The molecule has 0 aliphatic heterocycles. The van der Waals surface area contributed by atoms with E-state index in [1.807, 2.05) is 12.1 Å². The molecule has 2 heteroatoms. The Morgan fingerprint density at radius 2 is 2.12 bits per heavy atom. The van der Waals surface area contributed by atoms with E-state index in [0.717, 1.165) is 17.9 Å². The summed E-state index contributed by atoms with van der Waals surface area (Å²) in [5.74, 6) is 1.78. The first-order valence-corrected chi connectivity index (χ1v) is 6.08. The van der Waals surface area contributed by atoms with Gasteiger partial charge in [-0.05, 0) is 31.5 Å². The van der Waals surface area contributed by atoms with Gasteiger partial charge < -0.3 is 9.73 Å². The molecule has 1 aliphatic carbocycles. The molecule has 1 heterocycles. The highest BCUT2D eigenvalue weighted by atomic mass is 16.3. The van der Waals surface area contributed by atoms with Crippen molar-refractivity contribution in [2.45, 2.75) is 31.7 Å². The minimum absolute atomic E-state index is 0.622. The first kappa shape index (κ1) is 9.91. The van der Waals surface area contributed by atoms with E-state index in [4.69, 9.17) is 4.42 Å². The van der Waals surface area contributed by atoms with Crippen molar-refractivity contribution >= 4 is 11.0 Å². The molecule has 0 radical (unpaired) electrons. The number of benzene rings is 1. The van der Waals surface area contributed by atoms with E-state index in [9.17, 15) is 0 Å². The Morgan fingerprint density at radius 3 is 2.88 bits per heavy atom. The molecule has 0 unspecified atom stereocenters. The number of rotatable bonds is 3. The Labute approximate surface area is 95.6 Å². The fraction of sp³-hybridized carbons (Fsp3) is 0.429. The molecule has 0 atom stereocenters. The Morgan fingerprint density at radius 1 is 1.31 bits per heavy atom. The lowest BCUT2D eigenvalue weighted by Crippen LogP contribution is -2.39. The number of fused-ring (bicyclic) bond motifs is 1. The van der Waals surface area contributed by atoms with E-state index in [-0.39, 0.29) is 0 Å². The van der Waals surface area contributed by atoms with E-state index in [1.54, 1.807) is 0 Å². The van der Waals surface area contributed by atoms with Gasteiger partial charge in [-0.1, -0.05) is 25.1 Å². The lowest BCUT2D eigenvalue weighted by Gasteiger charge is -2.34. The number of hydrogen-bond acceptors (Lipinski definition) is 2. The molecule has 1 aromatic carbocycles. The quantitative estimate of drug-likeness (QED) is 0.850. The minimum Gasteiger partial charge on any atom is -0.461 e. The molecule has 2 nitrogen and oxygen atoms in total. The highest BCUT2D eigenvalue weighted by Crippen LogP contribution is 2.39. The van der Waals surface area contributed by atoms with E-state index in [0.29, 0.717) is 12.0 Å². The third-order valence-corrected chi connectivity index (χ3v) is 3.48. The predicted octanol–water partition coefficient (Wildman–Crippen LogP) is 3.29. The van der Waals surface area contributed by atoms with Crippen LogP contribution in [0.3, 0.4) is 0 Å². The molecular formula is C14H17NO. The largest absolute Gasteiger partial charge is 0.461 e. The fourth-order valence-electron chi connectivity index (χ4n) is 2.51. The van der Waals surface area contributed by atoms with Gasteiger partial charge in [0.25, 0.3) is 0 Å². The van der Waals surface area contributed by atoms with Crippen LogP contribution >= 0.6 is 0 Å². The summed E-state index contributed by atoms with van der Waals surface area (Å²) in [5, 5.41) is 4.70. The van der Waals surface area contributed by atoms with Gasteiger partial charge in [-0.25, -0.2) is 0 Å². The number of para-hydroxylation sites is 1. The minimum atomic E-state index is 0.622. The second-order valence-electron chi connectivity index (χ2n) is 4.61. The number of nitrogens with one attached hydrogen (secondary N) is 1. The summed E-state index contributed by atoms with van der Waals surface area (Å²) in [5.41, 5.74) is 1.02. The Kier molecular flexibility index (Phi) is 2.44. The number of hydrogen-bond donors (Lipinski definition) is 1. The van der Waals surface area contributed by atoms with Crippen LogP contribution in [0.5, 0.6) is 0 Å². The molecule has 2 aromatic rings. The standard InChI is InChI=1S/C14H17NO/c1-2-15-12-7-11(8-12)14-9-10-5-3-4-6-13(10)16-14/h3-6,9,11-12,15H,2,7-8H2,1H3. The predicted molar refractivity (Wildman–Crippen MR) is 65.7 cm³/mol. The molecule has 1 N–H and O–H groups in total. The zero-order chi connectivity index (χ0) is 11.0. The van der Waals surface area contributed by atoms with Gasteiger partial charge in [0.05, 0.1) is 0 Å². The molecule has 0 spiro atoms. The smallest absolute Gasteiger partial charge is 0.134 e. The fourth-order valence-corrected chi connectivity index (χ4v) is 2.51. The molecule has 0 saturated heterocycles. The molecule has 84 valence electrons. The molecule has 1 aliphatic rings. The molecule has 3 rings (SSSR count). The molecular weight excluding hydrogens is 198 g/mol. The van der Waals surface area contributed by atoms with Crippen molar-refractivity contribution in [1.82, 2.24) is 5.32 Å². The van der Waals surface area contributed by atoms with Crippen molar-refractivity contribution in [2.24, 2.45) is 0 Å². The van der Waals surface area contributed by atoms with Gasteiger partial charge in [0.15, 0.2) is 0 Å². The molecule has 1 fully saturated rings. The van der Waals surface area contributed by atoms with Gasteiger partial charge in [-0.15, -0.1) is 0 Å². The maximum atomic E-state index is 5.87. The van der Waals surface area contributed by atoms with Crippen LogP contribution in [0.4, 0.5) is 0 Å². The second kappa shape index (κ2) is 3.95. The van der Waals surface area contributed by atoms with Crippen LogP contribution in [-0.4, -0.2) is 12.6 Å². The van der Waals surface area contributed by atoms with Crippen molar-refractivity contribution in [3.8, 4) is 0 Å². The van der Waals surface area contributed by atoms with Gasteiger partial charge in [0.1, 0.15) is 11.3 Å². The third-order valence-electron chi connectivity index (χ3n) is 3.48. The second-order valence-corrected chi connectivity index (χ2v) is 4.61. The maximum absolute atomic E-state index is 5.87. The van der Waals surface area contributed by atoms with Crippen LogP contribution in [0.2, 0.25) is 0 Å². The summed E-state index contributed by atoms with van der Waals surface area (Å²) in [7, 11) is 0. The SMILES string of the molecule is CCNC1CC(c2cc3ccccc3o2)C1. The monoisotopic (exact) mass is 215 g/mol. The van der Waals surface area contributed by atoms with Crippen LogP contribution < -0.4 is 5.32 Å². The Hall–Kier alpha value is -1.28. The molecule has 0 bridgehead atoms. The van der Waals surface area contributed by atoms with Gasteiger partial charge in [-0.2, -0.15) is 0 Å². The van der Waals surface area contributed by atoms with Gasteiger partial charge in [-0.3, -0.25) is 0 Å². The van der Waals surface area contributed by atoms with Crippen LogP contribution in [0.1, 0.15) is 31.4 Å².